The third-order valence-corrected chi connectivity index (χ3v) is 13.8. The molecule has 2 heterocycles. The monoisotopic (exact) mass is 761 g/mol. The number of allylic oxidation sites excluding steroid dienone is 6. The Bertz CT molecular complexity index is 3070. The van der Waals surface area contributed by atoms with E-state index in [0.29, 0.717) is 0 Å². The van der Waals surface area contributed by atoms with Crippen LogP contribution < -0.4 is 4.90 Å². The van der Waals surface area contributed by atoms with Gasteiger partial charge >= 0.3 is 0 Å². The fourth-order valence-corrected chi connectivity index (χ4v) is 11.3. The predicted molar refractivity (Wildman–Crippen MR) is 251 cm³/mol. The van der Waals surface area contributed by atoms with Gasteiger partial charge in [-0.15, -0.1) is 17.1 Å². The molecular formula is C56H43NS. The van der Waals surface area contributed by atoms with Crippen LogP contribution in [0.5, 0.6) is 0 Å². The molecule has 278 valence electrons. The van der Waals surface area contributed by atoms with Crippen molar-refractivity contribution in [3.63, 3.8) is 0 Å². The van der Waals surface area contributed by atoms with Crippen LogP contribution in [-0.4, -0.2) is 0 Å². The molecule has 11 rings (SSSR count). The lowest BCUT2D eigenvalue weighted by molar-refractivity contribution is 0.687. The Morgan fingerprint density at radius 2 is 1.40 bits per heavy atom. The number of benzene rings is 7. The van der Waals surface area contributed by atoms with Gasteiger partial charge in [-0.1, -0.05) is 140 Å². The van der Waals surface area contributed by atoms with Gasteiger partial charge in [0.05, 0.1) is 0 Å². The highest BCUT2D eigenvalue weighted by molar-refractivity contribution is 7.20. The highest BCUT2D eigenvalue weighted by Crippen LogP contribution is 2.48. The summed E-state index contributed by atoms with van der Waals surface area (Å²) >= 11 is 1.86. The minimum Gasteiger partial charge on any atom is -0.314 e. The number of thiophene rings is 1. The second kappa shape index (κ2) is 14.2. The van der Waals surface area contributed by atoms with E-state index in [4.69, 9.17) is 0 Å². The Morgan fingerprint density at radius 3 is 2.19 bits per heavy atom. The number of hydrogen-bond acceptors (Lipinski definition) is 2. The molecule has 1 unspecified atom stereocenters. The summed E-state index contributed by atoms with van der Waals surface area (Å²) in [5.41, 5.74) is 20.5. The van der Waals surface area contributed by atoms with Crippen molar-refractivity contribution in [1.82, 2.24) is 0 Å². The highest BCUT2D eigenvalue weighted by Gasteiger charge is 2.26. The smallest absolute Gasteiger partial charge is 0.0499 e. The third kappa shape index (κ3) is 5.67. The van der Waals surface area contributed by atoms with Gasteiger partial charge in [-0.05, 0) is 142 Å². The van der Waals surface area contributed by atoms with Crippen molar-refractivity contribution in [3.8, 4) is 22.3 Å². The summed E-state index contributed by atoms with van der Waals surface area (Å²) in [5, 5.41) is 6.58. The van der Waals surface area contributed by atoms with Crippen molar-refractivity contribution in [1.29, 1.82) is 0 Å². The molecule has 0 amide bonds. The number of para-hydroxylation sites is 1. The van der Waals surface area contributed by atoms with Gasteiger partial charge in [0.15, 0.2) is 0 Å². The minimum absolute atomic E-state index is 0.161. The van der Waals surface area contributed by atoms with Gasteiger partial charge in [-0.3, -0.25) is 0 Å². The van der Waals surface area contributed by atoms with Crippen molar-refractivity contribution in [2.24, 2.45) is 0 Å². The molecule has 1 aliphatic heterocycles. The number of aryl methyl sites for hydroxylation is 1. The van der Waals surface area contributed by atoms with E-state index in [1.807, 2.05) is 17.4 Å². The maximum absolute atomic E-state index is 3.30. The van der Waals surface area contributed by atoms with E-state index in [-0.39, 0.29) is 5.92 Å². The zero-order chi connectivity index (χ0) is 38.7. The Kier molecular flexibility index (Phi) is 8.51. The molecule has 3 aliphatic rings. The lowest BCUT2D eigenvalue weighted by Crippen LogP contribution is -2.21. The van der Waals surface area contributed by atoms with Crippen LogP contribution in [0.4, 0.5) is 11.4 Å². The molecule has 0 bridgehead atoms. The van der Waals surface area contributed by atoms with Crippen LogP contribution in [0.25, 0.3) is 71.6 Å². The summed E-state index contributed by atoms with van der Waals surface area (Å²) in [4.78, 5) is 3.70. The largest absolute Gasteiger partial charge is 0.314 e. The average Bonchev–Trinajstić information content (AvgIpc) is 3.45. The van der Waals surface area contributed by atoms with Gasteiger partial charge < -0.3 is 4.90 Å². The van der Waals surface area contributed by atoms with Crippen molar-refractivity contribution in [2.75, 3.05) is 4.90 Å². The molecule has 1 atom stereocenters. The second-order valence-corrected chi connectivity index (χ2v) is 17.1. The van der Waals surface area contributed by atoms with Crippen LogP contribution in [0.2, 0.25) is 0 Å². The molecule has 0 saturated heterocycles. The molecule has 0 saturated carbocycles. The summed E-state index contributed by atoms with van der Waals surface area (Å²) in [6.07, 6.45) is 18.2. The molecule has 0 N–H and O–H groups in total. The first kappa shape index (κ1) is 34.8. The number of rotatable bonds is 5. The van der Waals surface area contributed by atoms with Gasteiger partial charge in [0.25, 0.3) is 0 Å². The first-order chi connectivity index (χ1) is 28.6. The topological polar surface area (TPSA) is 3.24 Å². The summed E-state index contributed by atoms with van der Waals surface area (Å²) < 4.78 is 1.34. The summed E-state index contributed by atoms with van der Waals surface area (Å²) in [7, 11) is 0. The molecule has 0 fully saturated rings. The average molecular weight is 762 g/mol. The van der Waals surface area contributed by atoms with Crippen molar-refractivity contribution in [3.05, 3.63) is 202 Å². The van der Waals surface area contributed by atoms with Gasteiger partial charge in [-0.2, -0.15) is 0 Å². The molecule has 58 heavy (non-hydrogen) atoms. The van der Waals surface area contributed by atoms with E-state index in [1.54, 1.807) is 5.56 Å². The Labute approximate surface area is 344 Å². The van der Waals surface area contributed by atoms with Crippen LogP contribution in [-0.2, 0) is 12.8 Å². The lowest BCUT2D eigenvalue weighted by Gasteiger charge is -2.34. The molecule has 2 aliphatic carbocycles. The minimum atomic E-state index is 0.161. The first-order valence-corrected chi connectivity index (χ1v) is 21.5. The molecular weight excluding hydrogens is 719 g/mol. The molecule has 8 aromatic rings. The normalized spacial score (nSPS) is 16.0. The number of fused-ring (bicyclic) bond motifs is 7. The van der Waals surface area contributed by atoms with E-state index in [1.165, 1.54) is 123 Å². The molecule has 7 aromatic carbocycles. The van der Waals surface area contributed by atoms with Crippen LogP contribution >= 0.6 is 11.3 Å². The molecule has 0 radical (unpaired) electrons. The van der Waals surface area contributed by atoms with E-state index in [0.717, 1.165) is 6.42 Å². The molecule has 1 aromatic heterocycles. The maximum Gasteiger partial charge on any atom is 0.0499 e. The Morgan fingerprint density at radius 1 is 0.707 bits per heavy atom. The highest BCUT2D eigenvalue weighted by atomic mass is 32.1. The number of hydrogen-bond donors (Lipinski definition) is 0. The Balaban J connectivity index is 0.983. The summed E-state index contributed by atoms with van der Waals surface area (Å²) in [6, 6.07) is 50.1. The zero-order valence-corrected chi connectivity index (χ0v) is 33.7. The predicted octanol–water partition coefficient (Wildman–Crippen LogP) is 15.9. The van der Waals surface area contributed by atoms with Gasteiger partial charge in [0, 0.05) is 43.5 Å². The standard InChI is InChI=1S/C56H43NS/c1-36(42-25-15-27-51-45-20-4-3-5-29-53(45)58-56(42)51)34-40-35-37(2)57(52-28-13-12-19-44(40)52)41-32-30-39(31-33-41)54-47-21-8-10-23-49(47)55(50-24-11-9-22-48(50)54)46-26-14-17-38-16-6-7-18-43(38)46/h3-4,8-15,17,19-35,40H,6-7,16,18H2,1-2H3/b36-34+. The van der Waals surface area contributed by atoms with Gasteiger partial charge in [0.2, 0.25) is 0 Å². The van der Waals surface area contributed by atoms with Crippen molar-refractivity contribution >= 4 is 72.1 Å². The fourth-order valence-electron chi connectivity index (χ4n) is 10.0. The van der Waals surface area contributed by atoms with Crippen LogP contribution in [0.1, 0.15) is 65.3 Å². The molecule has 1 nitrogen and oxygen atoms in total. The van der Waals surface area contributed by atoms with E-state index in [2.05, 4.69) is 188 Å². The quantitative estimate of drug-likeness (QED) is 0.125. The summed E-state index contributed by atoms with van der Waals surface area (Å²) in [6.45, 7) is 4.53. The number of anilines is 2. The third-order valence-electron chi connectivity index (χ3n) is 12.6. The van der Waals surface area contributed by atoms with E-state index < -0.39 is 0 Å². The summed E-state index contributed by atoms with van der Waals surface area (Å²) in [5.74, 6) is 0.161. The van der Waals surface area contributed by atoms with Crippen LogP contribution in [0.3, 0.4) is 0 Å². The Hall–Kier alpha value is -6.44. The van der Waals surface area contributed by atoms with Crippen LogP contribution in [0.15, 0.2) is 169 Å². The van der Waals surface area contributed by atoms with E-state index >= 15 is 0 Å². The number of nitrogens with zero attached hydrogens (tertiary/aromatic N) is 1. The fraction of sp³-hybridized carbons (Fsp3) is 0.125. The van der Waals surface area contributed by atoms with Crippen LogP contribution in [0, 0.1) is 0 Å². The van der Waals surface area contributed by atoms with Crippen molar-refractivity contribution in [2.45, 2.75) is 45.4 Å². The first-order valence-electron chi connectivity index (χ1n) is 20.7. The van der Waals surface area contributed by atoms with Gasteiger partial charge in [-0.25, -0.2) is 0 Å². The lowest BCUT2D eigenvalue weighted by atomic mass is 9.81. The zero-order valence-electron chi connectivity index (χ0n) is 32.9. The van der Waals surface area contributed by atoms with Gasteiger partial charge in [0.1, 0.15) is 0 Å². The molecule has 0 spiro atoms. The molecule has 2 heteroatoms. The van der Waals surface area contributed by atoms with Crippen molar-refractivity contribution < 1.29 is 0 Å². The maximum atomic E-state index is 3.30. The second-order valence-electron chi connectivity index (χ2n) is 16.0. The van der Waals surface area contributed by atoms with E-state index in [9.17, 15) is 0 Å². The SMILES string of the molecule is CC1=CC(/C=C(\C)c2cccc3c4c(sc23)C=C=CC=C4)c2ccccc2N1c1ccc(-c2c3ccccc3c(-c3cccc4c3CCCC4)c3ccccc23)cc1.